The first-order chi connectivity index (χ1) is 15.6. The van der Waals surface area contributed by atoms with Gasteiger partial charge >= 0.3 is 5.69 Å². The van der Waals surface area contributed by atoms with E-state index in [1.807, 2.05) is 0 Å². The van der Waals surface area contributed by atoms with Crippen LogP contribution in [0.1, 0.15) is 51.0 Å². The number of nitrogens with zero attached hydrogens (tertiary/aromatic N) is 1. The summed E-state index contributed by atoms with van der Waals surface area (Å²) in [5.41, 5.74) is -2.33. The molecule has 0 radical (unpaired) electrons. The zero-order chi connectivity index (χ0) is 24.1. The molecule has 3 rings (SSSR count). The number of benzene rings is 1. The molecule has 1 saturated carbocycles. The number of ether oxygens (including phenoxy) is 1. The van der Waals surface area contributed by atoms with Crippen LogP contribution in [-0.4, -0.2) is 41.5 Å². The number of halogens is 1. The first-order valence-electron chi connectivity index (χ1n) is 11.1. The van der Waals surface area contributed by atoms with Gasteiger partial charge in [-0.15, -0.1) is 0 Å². The quantitative estimate of drug-likeness (QED) is 0.445. The number of nitrogens with one attached hydrogen (secondary N) is 2. The van der Waals surface area contributed by atoms with Crippen LogP contribution in [0.3, 0.4) is 0 Å². The Labute approximate surface area is 191 Å². The summed E-state index contributed by atoms with van der Waals surface area (Å²) in [4.78, 5) is 24.9. The fourth-order valence-electron chi connectivity index (χ4n) is 3.85. The van der Waals surface area contributed by atoms with Crippen molar-refractivity contribution in [3.8, 4) is 5.75 Å². The Kier molecular flexibility index (Phi) is 8.09. The Morgan fingerprint density at radius 2 is 2.00 bits per heavy atom. The van der Waals surface area contributed by atoms with E-state index < -0.39 is 32.7 Å². The van der Waals surface area contributed by atoms with Gasteiger partial charge in [-0.2, -0.15) is 0 Å². The molecular formula is C22H30FN3O6S. The maximum Gasteiger partial charge on any atom is 0.328 e. The van der Waals surface area contributed by atoms with Gasteiger partial charge in [0.2, 0.25) is 10.0 Å². The number of H-pyrrole nitrogens is 1. The molecule has 0 aliphatic heterocycles. The van der Waals surface area contributed by atoms with Crippen molar-refractivity contribution in [3.63, 3.8) is 0 Å². The third-order valence-corrected chi connectivity index (χ3v) is 7.35. The van der Waals surface area contributed by atoms with E-state index in [-0.39, 0.29) is 43.5 Å². The van der Waals surface area contributed by atoms with Crippen LogP contribution in [0.25, 0.3) is 0 Å². The van der Waals surface area contributed by atoms with E-state index in [4.69, 9.17) is 4.74 Å². The maximum absolute atomic E-state index is 14.3. The Balaban J connectivity index is 1.62. The minimum atomic E-state index is -3.76. The average Bonchev–Trinajstić information content (AvgIpc) is 3.28. The van der Waals surface area contributed by atoms with Crippen molar-refractivity contribution in [3.05, 3.63) is 62.7 Å². The lowest BCUT2D eigenvalue weighted by Gasteiger charge is -2.28. The molecule has 0 saturated heterocycles. The molecule has 1 aliphatic carbocycles. The minimum Gasteiger partial charge on any atom is -0.487 e. The number of hydrogen-bond acceptors (Lipinski definition) is 6. The summed E-state index contributed by atoms with van der Waals surface area (Å²) in [5, 5.41) is 11.1. The molecular weight excluding hydrogens is 453 g/mol. The van der Waals surface area contributed by atoms with Crippen LogP contribution in [0, 0.1) is 5.82 Å². The molecule has 0 spiro atoms. The number of aromatic amines is 1. The molecule has 2 aromatic rings. The predicted octanol–water partition coefficient (Wildman–Crippen LogP) is 1.60. The molecule has 0 amide bonds. The van der Waals surface area contributed by atoms with Crippen LogP contribution in [-0.2, 0) is 22.2 Å². The lowest BCUT2D eigenvalue weighted by molar-refractivity contribution is 0.0375. The van der Waals surface area contributed by atoms with Crippen molar-refractivity contribution in [1.82, 2.24) is 14.3 Å². The lowest BCUT2D eigenvalue weighted by Crippen LogP contribution is -2.41. The highest BCUT2D eigenvalue weighted by Crippen LogP contribution is 2.32. The molecule has 11 heteroatoms. The summed E-state index contributed by atoms with van der Waals surface area (Å²) in [7, 11) is -3.76. The summed E-state index contributed by atoms with van der Waals surface area (Å²) in [6.45, 7) is 1.52. The second-order valence-corrected chi connectivity index (χ2v) is 10.3. The molecule has 1 atom stereocenters. The smallest absolute Gasteiger partial charge is 0.328 e. The monoisotopic (exact) mass is 483 g/mol. The summed E-state index contributed by atoms with van der Waals surface area (Å²) >= 11 is 0. The first kappa shape index (κ1) is 25.1. The van der Waals surface area contributed by atoms with Gasteiger partial charge in [-0.25, -0.2) is 22.3 Å². The molecule has 1 unspecified atom stereocenters. The van der Waals surface area contributed by atoms with Crippen LogP contribution < -0.4 is 20.7 Å². The molecule has 1 fully saturated rings. The standard InChI is InChI=1S/C22H30FN3O6S/c1-2-22(29,16-8-9-18(23)19(14-16)32-17-6-3-4-7-17)15-24-33(30,31)13-5-11-26-12-10-20(27)25-21(26)28/h8-10,12,14,17,24,29H,2-7,11,13,15H2,1H3,(H,25,27,28). The van der Waals surface area contributed by atoms with Gasteiger partial charge in [-0.1, -0.05) is 13.0 Å². The third-order valence-electron chi connectivity index (χ3n) is 5.94. The van der Waals surface area contributed by atoms with Gasteiger partial charge in [0.1, 0.15) is 5.60 Å². The van der Waals surface area contributed by atoms with Crippen molar-refractivity contribution in [1.29, 1.82) is 0 Å². The zero-order valence-electron chi connectivity index (χ0n) is 18.5. The first-order valence-corrected chi connectivity index (χ1v) is 12.7. The number of aliphatic hydroxyl groups is 1. The van der Waals surface area contributed by atoms with Gasteiger partial charge in [-0.05, 0) is 56.2 Å². The Morgan fingerprint density at radius 1 is 1.27 bits per heavy atom. The number of rotatable bonds is 11. The van der Waals surface area contributed by atoms with E-state index in [0.717, 1.165) is 25.7 Å². The second kappa shape index (κ2) is 10.6. The lowest BCUT2D eigenvalue weighted by atomic mass is 9.91. The van der Waals surface area contributed by atoms with Gasteiger partial charge in [0.05, 0.1) is 11.9 Å². The number of hydrogen-bond donors (Lipinski definition) is 3. The number of aryl methyl sites for hydroxylation is 1. The summed E-state index contributed by atoms with van der Waals surface area (Å²) in [5.74, 6) is -0.750. The highest BCUT2D eigenvalue weighted by Gasteiger charge is 2.30. The van der Waals surface area contributed by atoms with Crippen LogP contribution >= 0.6 is 0 Å². The fourth-order valence-corrected chi connectivity index (χ4v) is 4.96. The largest absolute Gasteiger partial charge is 0.487 e. The molecule has 182 valence electrons. The van der Waals surface area contributed by atoms with E-state index >= 15 is 0 Å². The highest BCUT2D eigenvalue weighted by molar-refractivity contribution is 7.89. The van der Waals surface area contributed by atoms with E-state index in [0.29, 0.717) is 5.56 Å². The average molecular weight is 484 g/mol. The van der Waals surface area contributed by atoms with Gasteiger partial charge < -0.3 is 14.4 Å². The van der Waals surface area contributed by atoms with Gasteiger partial charge in [0, 0.05) is 25.4 Å². The molecule has 1 heterocycles. The molecule has 33 heavy (non-hydrogen) atoms. The highest BCUT2D eigenvalue weighted by atomic mass is 32.2. The van der Waals surface area contributed by atoms with Crippen molar-refractivity contribution in [2.45, 2.75) is 63.7 Å². The van der Waals surface area contributed by atoms with Crippen LogP contribution in [0.4, 0.5) is 4.39 Å². The molecule has 9 nitrogen and oxygen atoms in total. The predicted molar refractivity (Wildman–Crippen MR) is 121 cm³/mol. The second-order valence-electron chi connectivity index (χ2n) is 8.35. The van der Waals surface area contributed by atoms with Crippen molar-refractivity contribution in [2.75, 3.05) is 12.3 Å². The maximum atomic E-state index is 14.3. The number of sulfonamides is 1. The summed E-state index contributed by atoms with van der Waals surface area (Å²) in [6.07, 6.45) is 5.33. The molecule has 3 N–H and O–H groups in total. The van der Waals surface area contributed by atoms with Gasteiger partial charge in [0.25, 0.3) is 5.56 Å². The molecule has 1 aromatic heterocycles. The van der Waals surface area contributed by atoms with Crippen molar-refractivity contribution < 1.29 is 22.7 Å². The normalized spacial score (nSPS) is 16.6. The van der Waals surface area contributed by atoms with E-state index in [1.165, 1.54) is 35.0 Å². The fraction of sp³-hybridized carbons (Fsp3) is 0.545. The number of aromatic nitrogens is 2. The van der Waals surface area contributed by atoms with Gasteiger partial charge in [0.15, 0.2) is 11.6 Å². The Morgan fingerprint density at radius 3 is 2.67 bits per heavy atom. The summed E-state index contributed by atoms with van der Waals surface area (Å²) in [6, 6.07) is 5.27. The topological polar surface area (TPSA) is 130 Å². The molecule has 0 bridgehead atoms. The van der Waals surface area contributed by atoms with Crippen LogP contribution in [0.5, 0.6) is 5.75 Å². The van der Waals surface area contributed by atoms with Crippen molar-refractivity contribution >= 4 is 10.0 Å². The third kappa shape index (κ3) is 6.75. The van der Waals surface area contributed by atoms with Crippen molar-refractivity contribution in [2.24, 2.45) is 0 Å². The van der Waals surface area contributed by atoms with E-state index in [9.17, 15) is 27.5 Å². The SMILES string of the molecule is CCC(O)(CNS(=O)(=O)CCCn1ccc(=O)[nH]c1=O)c1ccc(F)c(OC2CCCC2)c1. The van der Waals surface area contributed by atoms with Crippen LogP contribution in [0.2, 0.25) is 0 Å². The van der Waals surface area contributed by atoms with E-state index in [2.05, 4.69) is 9.71 Å². The molecule has 1 aliphatic rings. The molecule has 1 aromatic carbocycles. The zero-order valence-corrected chi connectivity index (χ0v) is 19.4. The summed E-state index contributed by atoms with van der Waals surface area (Å²) < 4.78 is 48.6. The Hall–Kier alpha value is -2.50. The minimum absolute atomic E-state index is 0.0560. The Bertz CT molecular complexity index is 1170. The van der Waals surface area contributed by atoms with Gasteiger partial charge in [-0.3, -0.25) is 9.78 Å². The van der Waals surface area contributed by atoms with Crippen LogP contribution in [0.15, 0.2) is 40.1 Å². The van der Waals surface area contributed by atoms with E-state index in [1.54, 1.807) is 6.92 Å².